The van der Waals surface area contributed by atoms with Gasteiger partial charge in [0.15, 0.2) is 0 Å². The van der Waals surface area contributed by atoms with Crippen LogP contribution in [0.25, 0.3) is 0 Å². The van der Waals surface area contributed by atoms with Crippen LogP contribution in [0.4, 0.5) is 11.6 Å². The summed E-state index contributed by atoms with van der Waals surface area (Å²) in [6.45, 7) is 4.58. The molecule has 1 aromatic carbocycles. The molecule has 4 rings (SSSR count). The van der Waals surface area contributed by atoms with Gasteiger partial charge in [-0.3, -0.25) is 4.90 Å². The predicted octanol–water partition coefficient (Wildman–Crippen LogP) is 3.34. The van der Waals surface area contributed by atoms with E-state index in [4.69, 9.17) is 4.98 Å². The zero-order chi connectivity index (χ0) is 14.2. The van der Waals surface area contributed by atoms with Crippen LogP contribution in [0.1, 0.15) is 31.0 Å². The van der Waals surface area contributed by atoms with Gasteiger partial charge in [0.25, 0.3) is 0 Å². The van der Waals surface area contributed by atoms with Crippen molar-refractivity contribution in [1.29, 1.82) is 0 Å². The highest BCUT2D eigenvalue weighted by Crippen LogP contribution is 2.38. The second-order valence-corrected chi connectivity index (χ2v) is 6.21. The summed E-state index contributed by atoms with van der Waals surface area (Å²) in [5.74, 6) is 0.984. The van der Waals surface area contributed by atoms with Gasteiger partial charge in [-0.25, -0.2) is 4.98 Å². The number of nitrogens with zero attached hydrogens (tertiary/aromatic N) is 3. The smallest absolute Gasteiger partial charge is 0.207 e. The Bertz CT molecular complexity index is 619. The summed E-state index contributed by atoms with van der Waals surface area (Å²) in [7, 11) is 0. The Morgan fingerprint density at radius 3 is 2.81 bits per heavy atom. The van der Waals surface area contributed by atoms with E-state index in [1.165, 1.54) is 32.4 Å². The molecule has 1 N–H and O–H groups in total. The van der Waals surface area contributed by atoms with E-state index >= 15 is 0 Å². The van der Waals surface area contributed by atoms with E-state index in [1.807, 2.05) is 6.07 Å². The van der Waals surface area contributed by atoms with Crippen LogP contribution in [0.3, 0.4) is 0 Å². The molecule has 4 heteroatoms. The molecule has 110 valence electrons. The predicted molar refractivity (Wildman–Crippen MR) is 84.9 cm³/mol. The molecule has 0 amide bonds. The number of hydrogen-bond donors (Lipinski definition) is 1. The normalized spacial score (nSPS) is 25.2. The highest BCUT2D eigenvalue weighted by molar-refractivity contribution is 5.53. The molecule has 2 aliphatic rings. The first-order valence-electron chi connectivity index (χ1n) is 7.93. The fourth-order valence-corrected chi connectivity index (χ4v) is 3.89. The van der Waals surface area contributed by atoms with E-state index < -0.39 is 0 Å². The number of benzene rings is 1. The zero-order valence-corrected chi connectivity index (χ0v) is 12.5. The monoisotopic (exact) mass is 282 g/mol. The summed E-state index contributed by atoms with van der Waals surface area (Å²) in [5.41, 5.74) is 2.19. The zero-order valence-electron chi connectivity index (χ0n) is 12.5. The number of anilines is 2. The van der Waals surface area contributed by atoms with E-state index in [0.717, 1.165) is 17.3 Å². The van der Waals surface area contributed by atoms with E-state index in [0.29, 0.717) is 12.1 Å². The van der Waals surface area contributed by atoms with Crippen LogP contribution in [0.2, 0.25) is 0 Å². The van der Waals surface area contributed by atoms with Gasteiger partial charge >= 0.3 is 0 Å². The average Bonchev–Trinajstić information content (AvgIpc) is 3.15. The maximum Gasteiger partial charge on any atom is 0.207 e. The number of fused-ring (bicyclic) bond motifs is 1. The molecule has 2 saturated heterocycles. The van der Waals surface area contributed by atoms with Crippen LogP contribution in [0.5, 0.6) is 0 Å². The van der Waals surface area contributed by atoms with E-state index in [-0.39, 0.29) is 0 Å². The molecule has 0 spiro atoms. The van der Waals surface area contributed by atoms with Crippen molar-refractivity contribution in [2.75, 3.05) is 18.4 Å². The van der Waals surface area contributed by atoms with E-state index in [2.05, 4.69) is 52.2 Å². The first-order valence-corrected chi connectivity index (χ1v) is 7.93. The van der Waals surface area contributed by atoms with Crippen molar-refractivity contribution in [3.8, 4) is 0 Å². The Labute approximate surface area is 125 Å². The summed E-state index contributed by atoms with van der Waals surface area (Å²) in [4.78, 5) is 7.34. The molecule has 0 radical (unpaired) electrons. The summed E-state index contributed by atoms with van der Waals surface area (Å²) in [6, 6.07) is 11.6. The van der Waals surface area contributed by atoms with Crippen molar-refractivity contribution < 1.29 is 0 Å². The molecule has 2 fully saturated rings. The van der Waals surface area contributed by atoms with Gasteiger partial charge in [-0.05, 0) is 44.9 Å². The second kappa shape index (κ2) is 5.19. The Hall–Kier alpha value is -1.81. The molecule has 2 aromatic rings. The summed E-state index contributed by atoms with van der Waals surface area (Å²) in [5, 5.41) is 3.48. The van der Waals surface area contributed by atoms with Crippen molar-refractivity contribution in [3.05, 3.63) is 42.2 Å². The number of para-hydroxylation sites is 1. The van der Waals surface area contributed by atoms with Crippen molar-refractivity contribution in [3.63, 3.8) is 0 Å². The molecule has 0 aliphatic carbocycles. The van der Waals surface area contributed by atoms with Crippen LogP contribution in [-0.2, 0) is 0 Å². The lowest BCUT2D eigenvalue weighted by molar-refractivity contribution is 0.291. The van der Waals surface area contributed by atoms with Gasteiger partial charge in [-0.15, -0.1) is 0 Å². The Morgan fingerprint density at radius 1 is 1.10 bits per heavy atom. The molecular weight excluding hydrogens is 260 g/mol. The molecule has 2 atom stereocenters. The van der Waals surface area contributed by atoms with Crippen molar-refractivity contribution in [2.24, 2.45) is 0 Å². The quantitative estimate of drug-likeness (QED) is 0.937. The number of nitrogens with one attached hydrogen (secondary N) is 1. The second-order valence-electron chi connectivity index (χ2n) is 6.21. The van der Waals surface area contributed by atoms with Crippen molar-refractivity contribution in [2.45, 2.75) is 38.3 Å². The summed E-state index contributed by atoms with van der Waals surface area (Å²) < 4.78 is 2.37. The molecular formula is C17H22N4. The van der Waals surface area contributed by atoms with Gasteiger partial charge in [0.2, 0.25) is 5.95 Å². The standard InChI is InChI=1S/C17H22N4/c1-13-12-21(16-9-11-20-10-5-8-15(16)20)17(18-13)19-14-6-3-2-4-7-14/h2-4,6-7,12,15-16H,5,8-11H2,1H3,(H,18,19). The van der Waals surface area contributed by atoms with Crippen LogP contribution in [0, 0.1) is 6.92 Å². The maximum absolute atomic E-state index is 4.70. The first kappa shape index (κ1) is 12.9. The Balaban J connectivity index is 1.63. The van der Waals surface area contributed by atoms with Gasteiger partial charge in [0.1, 0.15) is 0 Å². The van der Waals surface area contributed by atoms with Gasteiger partial charge < -0.3 is 9.88 Å². The molecule has 4 nitrogen and oxygen atoms in total. The third kappa shape index (κ3) is 2.33. The number of imidazole rings is 1. The van der Waals surface area contributed by atoms with Crippen LogP contribution < -0.4 is 5.32 Å². The SMILES string of the molecule is Cc1cn(C2CCN3CCCC23)c(Nc2ccccc2)n1. The summed E-state index contributed by atoms with van der Waals surface area (Å²) >= 11 is 0. The molecule has 2 aliphatic heterocycles. The molecule has 0 bridgehead atoms. The largest absolute Gasteiger partial charge is 0.326 e. The van der Waals surface area contributed by atoms with E-state index in [9.17, 15) is 0 Å². The lowest BCUT2D eigenvalue weighted by Crippen LogP contribution is -2.27. The third-order valence-electron chi connectivity index (χ3n) is 4.81. The van der Waals surface area contributed by atoms with Crippen molar-refractivity contribution >= 4 is 11.6 Å². The molecule has 0 saturated carbocycles. The van der Waals surface area contributed by atoms with Gasteiger partial charge in [0.05, 0.1) is 11.7 Å². The first-order chi connectivity index (χ1) is 10.3. The number of aryl methyl sites for hydroxylation is 1. The fourth-order valence-electron chi connectivity index (χ4n) is 3.89. The van der Waals surface area contributed by atoms with Crippen molar-refractivity contribution in [1.82, 2.24) is 14.5 Å². The van der Waals surface area contributed by atoms with Crippen LogP contribution in [-0.4, -0.2) is 33.6 Å². The van der Waals surface area contributed by atoms with Gasteiger partial charge in [0, 0.05) is 24.5 Å². The van der Waals surface area contributed by atoms with Gasteiger partial charge in [-0.1, -0.05) is 18.2 Å². The lowest BCUT2D eigenvalue weighted by Gasteiger charge is -2.23. The molecule has 3 heterocycles. The summed E-state index contributed by atoms with van der Waals surface area (Å²) in [6.07, 6.45) is 6.12. The van der Waals surface area contributed by atoms with Gasteiger partial charge in [-0.2, -0.15) is 0 Å². The molecule has 21 heavy (non-hydrogen) atoms. The molecule has 2 unspecified atom stereocenters. The van der Waals surface area contributed by atoms with E-state index in [1.54, 1.807) is 0 Å². The topological polar surface area (TPSA) is 33.1 Å². The Morgan fingerprint density at radius 2 is 1.95 bits per heavy atom. The lowest BCUT2D eigenvalue weighted by atomic mass is 10.1. The highest BCUT2D eigenvalue weighted by Gasteiger charge is 2.38. The maximum atomic E-state index is 4.70. The highest BCUT2D eigenvalue weighted by atomic mass is 15.3. The minimum atomic E-state index is 0.569. The molecule has 1 aromatic heterocycles. The minimum Gasteiger partial charge on any atom is -0.326 e. The third-order valence-corrected chi connectivity index (χ3v) is 4.81. The fraction of sp³-hybridized carbons (Fsp3) is 0.471. The average molecular weight is 282 g/mol. The number of hydrogen-bond acceptors (Lipinski definition) is 3. The number of aromatic nitrogens is 2. The van der Waals surface area contributed by atoms with Crippen LogP contribution in [0.15, 0.2) is 36.5 Å². The Kier molecular flexibility index (Phi) is 3.19. The van der Waals surface area contributed by atoms with Crippen LogP contribution >= 0.6 is 0 Å². The minimum absolute atomic E-state index is 0.569. The number of rotatable bonds is 3.